The van der Waals surface area contributed by atoms with Crippen LogP contribution in [0.25, 0.3) is 15.7 Å². The number of ether oxygens (including phenoxy) is 1. The van der Waals surface area contributed by atoms with Gasteiger partial charge in [0.05, 0.1) is 24.3 Å². The maximum atomic E-state index is 13.5. The van der Waals surface area contributed by atoms with Crippen molar-refractivity contribution in [2.75, 3.05) is 0 Å². The third-order valence-electron chi connectivity index (χ3n) is 4.20. The number of pyridine rings is 1. The lowest BCUT2D eigenvalue weighted by Crippen LogP contribution is -2.27. The number of nitrogens with zero attached hydrogens (tertiary/aromatic N) is 2. The highest BCUT2D eigenvalue weighted by Gasteiger charge is 2.34. The largest absolute Gasteiger partial charge is 0.491 e. The SMILES string of the molecule is [C-]#[N+]c1ccc2nc(Oc3ccc4c(c3)COB4O)cc(C(F)(F)F)c2c1. The molecule has 2 aromatic carbocycles. The van der Waals surface area contributed by atoms with E-state index >= 15 is 0 Å². The van der Waals surface area contributed by atoms with Gasteiger partial charge in [0.25, 0.3) is 0 Å². The fraction of sp³-hybridized carbons (Fsp3) is 0.111. The highest BCUT2D eigenvalue weighted by molar-refractivity contribution is 6.61. The summed E-state index contributed by atoms with van der Waals surface area (Å²) in [7, 11) is -1.01. The van der Waals surface area contributed by atoms with Crippen molar-refractivity contribution in [2.45, 2.75) is 12.8 Å². The van der Waals surface area contributed by atoms with E-state index in [0.717, 1.165) is 12.1 Å². The minimum absolute atomic E-state index is 0.0761. The lowest BCUT2D eigenvalue weighted by atomic mass is 9.80. The molecule has 134 valence electrons. The number of hydrogen-bond donors (Lipinski definition) is 1. The summed E-state index contributed by atoms with van der Waals surface area (Å²) >= 11 is 0. The number of alkyl halides is 3. The predicted octanol–water partition coefficient (Wildman–Crippen LogP) is 3.81. The molecule has 0 atom stereocenters. The Morgan fingerprint density at radius 3 is 2.74 bits per heavy atom. The van der Waals surface area contributed by atoms with Crippen molar-refractivity contribution in [3.63, 3.8) is 0 Å². The number of halogens is 3. The zero-order valence-electron chi connectivity index (χ0n) is 13.6. The van der Waals surface area contributed by atoms with E-state index in [1.807, 2.05) is 0 Å². The second-order valence-corrected chi connectivity index (χ2v) is 5.95. The highest BCUT2D eigenvalue weighted by atomic mass is 19.4. The molecule has 9 heteroatoms. The fourth-order valence-corrected chi connectivity index (χ4v) is 2.94. The summed E-state index contributed by atoms with van der Waals surface area (Å²) in [5, 5.41) is 9.47. The van der Waals surface area contributed by atoms with Crippen LogP contribution in [-0.4, -0.2) is 17.1 Å². The first-order chi connectivity index (χ1) is 12.8. The van der Waals surface area contributed by atoms with Crippen LogP contribution in [0.15, 0.2) is 42.5 Å². The average Bonchev–Trinajstić information content (AvgIpc) is 3.00. The first kappa shape index (κ1) is 17.3. The van der Waals surface area contributed by atoms with Crippen LogP contribution >= 0.6 is 0 Å². The summed E-state index contributed by atoms with van der Waals surface area (Å²) in [6.45, 7) is 7.17. The van der Waals surface area contributed by atoms with E-state index in [-0.39, 0.29) is 34.8 Å². The Labute approximate surface area is 151 Å². The van der Waals surface area contributed by atoms with Crippen LogP contribution < -0.4 is 10.2 Å². The predicted molar refractivity (Wildman–Crippen MR) is 91.9 cm³/mol. The van der Waals surface area contributed by atoms with Gasteiger partial charge in [-0.25, -0.2) is 9.83 Å². The topological polar surface area (TPSA) is 55.9 Å². The van der Waals surface area contributed by atoms with Crippen LogP contribution in [-0.2, 0) is 17.4 Å². The van der Waals surface area contributed by atoms with Crippen molar-refractivity contribution in [1.29, 1.82) is 0 Å². The van der Waals surface area contributed by atoms with Gasteiger partial charge < -0.3 is 14.4 Å². The normalized spacial score (nSPS) is 13.5. The van der Waals surface area contributed by atoms with Gasteiger partial charge in [-0.05, 0) is 35.3 Å². The molecule has 3 aromatic rings. The van der Waals surface area contributed by atoms with Crippen LogP contribution in [0.1, 0.15) is 11.1 Å². The zero-order valence-corrected chi connectivity index (χ0v) is 13.6. The molecule has 0 amide bonds. The van der Waals surface area contributed by atoms with E-state index in [0.29, 0.717) is 11.0 Å². The Hall–Kier alpha value is -3.09. The Morgan fingerprint density at radius 2 is 2.00 bits per heavy atom. The van der Waals surface area contributed by atoms with Gasteiger partial charge in [0.15, 0.2) is 5.69 Å². The summed E-state index contributed by atoms with van der Waals surface area (Å²) in [5.74, 6) is 0.0639. The lowest BCUT2D eigenvalue weighted by Gasteiger charge is -2.13. The van der Waals surface area contributed by atoms with Gasteiger partial charge in [-0.2, -0.15) is 13.2 Å². The van der Waals surface area contributed by atoms with Crippen LogP contribution in [0.4, 0.5) is 18.9 Å². The average molecular weight is 370 g/mol. The molecule has 0 saturated heterocycles. The zero-order chi connectivity index (χ0) is 19.2. The molecule has 0 fully saturated rings. The molecular weight excluding hydrogens is 360 g/mol. The smallest absolute Gasteiger partial charge is 0.439 e. The van der Waals surface area contributed by atoms with Crippen molar-refractivity contribution < 1.29 is 27.6 Å². The van der Waals surface area contributed by atoms with E-state index < -0.39 is 18.9 Å². The maximum absolute atomic E-state index is 13.5. The summed E-state index contributed by atoms with van der Waals surface area (Å²) < 4.78 is 51.1. The number of benzene rings is 2. The Morgan fingerprint density at radius 1 is 1.19 bits per heavy atom. The Balaban J connectivity index is 1.78. The van der Waals surface area contributed by atoms with Crippen LogP contribution in [0, 0.1) is 6.57 Å². The highest BCUT2D eigenvalue weighted by Crippen LogP contribution is 2.38. The van der Waals surface area contributed by atoms with Gasteiger partial charge in [0, 0.05) is 11.5 Å². The number of aromatic nitrogens is 1. The molecule has 0 radical (unpaired) electrons. The monoisotopic (exact) mass is 370 g/mol. The molecule has 0 bridgehead atoms. The van der Waals surface area contributed by atoms with Gasteiger partial charge in [-0.3, -0.25) is 0 Å². The molecular formula is C18H10BF3N2O3. The molecule has 0 aliphatic carbocycles. The molecule has 27 heavy (non-hydrogen) atoms. The van der Waals surface area contributed by atoms with Crippen LogP contribution in [0.3, 0.4) is 0 Å². The van der Waals surface area contributed by atoms with Crippen molar-refractivity contribution in [3.8, 4) is 11.6 Å². The van der Waals surface area contributed by atoms with Gasteiger partial charge in [0.1, 0.15) is 5.75 Å². The number of rotatable bonds is 2. The third kappa shape index (κ3) is 3.21. The fourth-order valence-electron chi connectivity index (χ4n) is 2.94. The van der Waals surface area contributed by atoms with Crippen LogP contribution in [0.5, 0.6) is 11.6 Å². The Kier molecular flexibility index (Phi) is 4.02. The van der Waals surface area contributed by atoms with Gasteiger partial charge in [-0.15, -0.1) is 0 Å². The molecule has 0 unspecified atom stereocenters. The van der Waals surface area contributed by atoms with Gasteiger partial charge in [0.2, 0.25) is 5.88 Å². The standard InChI is InChI=1S/C18H10BF3N2O3/c1-23-11-2-5-16-13(7-11)14(18(20,21)22)8-17(24-16)27-12-3-4-15-10(6-12)9-26-19(15)25/h2-8,25H,9H2. The first-order valence-electron chi connectivity index (χ1n) is 7.85. The van der Waals surface area contributed by atoms with Crippen LogP contribution in [0.2, 0.25) is 0 Å². The summed E-state index contributed by atoms with van der Waals surface area (Å²) in [6.07, 6.45) is -4.63. The Bertz CT molecular complexity index is 1100. The second kappa shape index (κ2) is 6.26. The molecule has 1 aliphatic rings. The first-order valence-corrected chi connectivity index (χ1v) is 7.85. The molecule has 0 saturated carbocycles. The van der Waals surface area contributed by atoms with Gasteiger partial charge >= 0.3 is 13.3 Å². The van der Waals surface area contributed by atoms with E-state index in [1.54, 1.807) is 12.1 Å². The van der Waals surface area contributed by atoms with Crippen molar-refractivity contribution in [1.82, 2.24) is 4.98 Å². The van der Waals surface area contributed by atoms with E-state index in [2.05, 4.69) is 9.83 Å². The molecule has 1 aromatic heterocycles. The molecule has 0 spiro atoms. The minimum Gasteiger partial charge on any atom is -0.439 e. The maximum Gasteiger partial charge on any atom is 0.491 e. The van der Waals surface area contributed by atoms with Crippen molar-refractivity contribution >= 4 is 29.2 Å². The number of fused-ring (bicyclic) bond motifs is 2. The minimum atomic E-state index is -4.63. The quantitative estimate of drug-likeness (QED) is 0.551. The van der Waals surface area contributed by atoms with E-state index in [4.69, 9.17) is 16.0 Å². The van der Waals surface area contributed by atoms with E-state index in [9.17, 15) is 18.2 Å². The second-order valence-electron chi connectivity index (χ2n) is 5.95. The van der Waals surface area contributed by atoms with Crippen molar-refractivity contribution in [2.24, 2.45) is 0 Å². The van der Waals surface area contributed by atoms with Crippen molar-refractivity contribution in [3.05, 3.63) is 65.0 Å². The molecule has 1 aliphatic heterocycles. The molecule has 2 heterocycles. The molecule has 4 rings (SSSR count). The molecule has 1 N–H and O–H groups in total. The summed E-state index contributed by atoms with van der Waals surface area (Å²) in [5.41, 5.74) is 0.538. The van der Waals surface area contributed by atoms with Gasteiger partial charge in [-0.1, -0.05) is 12.1 Å². The number of hydrogen-bond acceptors (Lipinski definition) is 4. The third-order valence-corrected chi connectivity index (χ3v) is 4.20. The summed E-state index contributed by atoms with van der Waals surface area (Å²) in [6, 6.07) is 9.45. The summed E-state index contributed by atoms with van der Waals surface area (Å²) in [4.78, 5) is 7.29. The lowest BCUT2D eigenvalue weighted by molar-refractivity contribution is -0.136. The van der Waals surface area contributed by atoms with E-state index in [1.165, 1.54) is 18.2 Å². The molecule has 5 nitrogen and oxygen atoms in total.